The summed E-state index contributed by atoms with van der Waals surface area (Å²) in [6.07, 6.45) is 2.65. The summed E-state index contributed by atoms with van der Waals surface area (Å²) < 4.78 is 5.33. The second kappa shape index (κ2) is 9.04. The zero-order valence-electron chi connectivity index (χ0n) is 12.8. The van der Waals surface area contributed by atoms with Gasteiger partial charge in [-0.15, -0.1) is 24.0 Å². The number of nitrogens with two attached hydrogens (primary N) is 1. The van der Waals surface area contributed by atoms with Gasteiger partial charge in [0.05, 0.1) is 19.8 Å². The van der Waals surface area contributed by atoms with Gasteiger partial charge in [-0.25, -0.2) is 0 Å². The van der Waals surface area contributed by atoms with Gasteiger partial charge >= 0.3 is 0 Å². The van der Waals surface area contributed by atoms with E-state index in [-0.39, 0.29) is 24.0 Å². The molecule has 0 bridgehead atoms. The molecule has 0 radical (unpaired) electrons. The minimum absolute atomic E-state index is 0. The number of likely N-dealkylation sites (tertiary alicyclic amines) is 1. The zero-order valence-corrected chi connectivity index (χ0v) is 15.1. The molecule has 6 heteroatoms. The Bertz CT molecular complexity index is 300. The van der Waals surface area contributed by atoms with Crippen LogP contribution < -0.4 is 5.73 Å². The quantitative estimate of drug-likeness (QED) is 0.443. The number of rotatable bonds is 4. The monoisotopic (exact) mass is 396 g/mol. The first kappa shape index (κ1) is 18.0. The smallest absolute Gasteiger partial charge is 0.191 e. The van der Waals surface area contributed by atoms with Gasteiger partial charge in [-0.1, -0.05) is 13.8 Å². The average Bonchev–Trinajstić information content (AvgIpc) is 2.93. The fraction of sp³-hybridized carbons (Fsp3) is 0.929. The molecular weight excluding hydrogens is 367 g/mol. The predicted octanol–water partition coefficient (Wildman–Crippen LogP) is 1.37. The topological polar surface area (TPSA) is 54.1 Å². The van der Waals surface area contributed by atoms with Gasteiger partial charge in [-0.3, -0.25) is 9.89 Å². The summed E-state index contributed by atoms with van der Waals surface area (Å²) in [5.41, 5.74) is 6.10. The second-order valence-corrected chi connectivity index (χ2v) is 5.85. The van der Waals surface area contributed by atoms with E-state index in [9.17, 15) is 0 Å². The lowest BCUT2D eigenvalue weighted by molar-refractivity contribution is 0.0673. The molecule has 2 rings (SSSR count). The predicted molar refractivity (Wildman–Crippen MR) is 93.7 cm³/mol. The lowest BCUT2D eigenvalue weighted by Gasteiger charge is -2.31. The van der Waals surface area contributed by atoms with E-state index < -0.39 is 0 Å². The number of halogens is 1. The van der Waals surface area contributed by atoms with Crippen LogP contribution in [0.25, 0.3) is 0 Å². The van der Waals surface area contributed by atoms with E-state index >= 15 is 0 Å². The van der Waals surface area contributed by atoms with Crippen molar-refractivity contribution >= 4 is 29.9 Å². The normalized spacial score (nSPS) is 22.9. The molecule has 2 saturated heterocycles. The molecule has 0 aromatic rings. The van der Waals surface area contributed by atoms with Gasteiger partial charge in [0, 0.05) is 19.1 Å². The molecule has 0 spiro atoms. The van der Waals surface area contributed by atoms with Crippen molar-refractivity contribution in [1.82, 2.24) is 9.80 Å². The Morgan fingerprint density at radius 3 is 2.30 bits per heavy atom. The number of hydrogen-bond donors (Lipinski definition) is 1. The summed E-state index contributed by atoms with van der Waals surface area (Å²) in [5.74, 6) is 1.31. The fourth-order valence-corrected chi connectivity index (χ4v) is 2.90. The molecule has 2 N–H and O–H groups in total. The summed E-state index contributed by atoms with van der Waals surface area (Å²) in [7, 11) is 0. The number of morpholine rings is 1. The molecule has 5 nitrogen and oxygen atoms in total. The van der Waals surface area contributed by atoms with Gasteiger partial charge in [0.15, 0.2) is 5.96 Å². The molecule has 0 amide bonds. The molecule has 20 heavy (non-hydrogen) atoms. The molecule has 2 aliphatic heterocycles. The Labute approximate surface area is 139 Å². The first-order valence-electron chi connectivity index (χ1n) is 7.55. The first-order chi connectivity index (χ1) is 9.18. The number of aliphatic imine (C=N–C) groups is 1. The van der Waals surface area contributed by atoms with Gasteiger partial charge in [-0.2, -0.15) is 0 Å². The Morgan fingerprint density at radius 2 is 1.75 bits per heavy atom. The van der Waals surface area contributed by atoms with Crippen LogP contribution in [0.2, 0.25) is 0 Å². The highest BCUT2D eigenvalue weighted by molar-refractivity contribution is 14.0. The van der Waals surface area contributed by atoms with E-state index in [1.807, 2.05) is 0 Å². The third-order valence-electron chi connectivity index (χ3n) is 4.15. The standard InChI is InChI=1S/C14H28N4O.HI/c1-12(2)13(17-5-3-4-6-17)11-16-14(15)18-7-9-19-10-8-18;/h12-13H,3-11H2,1-2H3,(H2,15,16);1H. The lowest BCUT2D eigenvalue weighted by Crippen LogP contribution is -2.46. The number of ether oxygens (including phenoxy) is 1. The van der Waals surface area contributed by atoms with E-state index in [0.29, 0.717) is 17.9 Å². The summed E-state index contributed by atoms with van der Waals surface area (Å²) in [4.78, 5) is 9.34. The van der Waals surface area contributed by atoms with Crippen molar-refractivity contribution in [2.24, 2.45) is 16.6 Å². The number of guanidine groups is 1. The van der Waals surface area contributed by atoms with Crippen LogP contribution >= 0.6 is 24.0 Å². The van der Waals surface area contributed by atoms with Crippen molar-refractivity contribution in [3.63, 3.8) is 0 Å². The van der Waals surface area contributed by atoms with Gasteiger partial charge in [-0.05, 0) is 31.8 Å². The maximum Gasteiger partial charge on any atom is 0.191 e. The van der Waals surface area contributed by atoms with Gasteiger partial charge in [0.1, 0.15) is 0 Å². The van der Waals surface area contributed by atoms with Crippen molar-refractivity contribution in [2.45, 2.75) is 32.7 Å². The molecule has 0 saturated carbocycles. The van der Waals surface area contributed by atoms with Crippen molar-refractivity contribution < 1.29 is 4.74 Å². The van der Waals surface area contributed by atoms with E-state index in [2.05, 4.69) is 28.6 Å². The van der Waals surface area contributed by atoms with Crippen molar-refractivity contribution in [2.75, 3.05) is 45.9 Å². The summed E-state index contributed by atoms with van der Waals surface area (Å²) >= 11 is 0. The largest absolute Gasteiger partial charge is 0.378 e. The van der Waals surface area contributed by atoms with Crippen molar-refractivity contribution in [3.05, 3.63) is 0 Å². The van der Waals surface area contributed by atoms with Gasteiger partial charge < -0.3 is 15.4 Å². The molecular formula is C14H29IN4O. The molecule has 0 aliphatic carbocycles. The highest BCUT2D eigenvalue weighted by Gasteiger charge is 2.24. The van der Waals surface area contributed by atoms with Crippen LogP contribution in [0.1, 0.15) is 26.7 Å². The number of nitrogens with zero attached hydrogens (tertiary/aromatic N) is 3. The van der Waals surface area contributed by atoms with Crippen LogP contribution in [0.15, 0.2) is 4.99 Å². The minimum atomic E-state index is 0. The van der Waals surface area contributed by atoms with Crippen LogP contribution in [0, 0.1) is 5.92 Å². The molecule has 2 heterocycles. The first-order valence-corrected chi connectivity index (χ1v) is 7.55. The Hall–Kier alpha value is -0.0800. The fourth-order valence-electron chi connectivity index (χ4n) is 2.90. The highest BCUT2D eigenvalue weighted by Crippen LogP contribution is 2.18. The van der Waals surface area contributed by atoms with E-state index in [0.717, 1.165) is 32.8 Å². The van der Waals surface area contributed by atoms with Crippen LogP contribution in [-0.4, -0.2) is 67.7 Å². The Morgan fingerprint density at radius 1 is 1.15 bits per heavy atom. The maximum absolute atomic E-state index is 6.10. The van der Waals surface area contributed by atoms with Crippen LogP contribution in [0.5, 0.6) is 0 Å². The third kappa shape index (κ3) is 5.04. The minimum Gasteiger partial charge on any atom is -0.378 e. The highest BCUT2D eigenvalue weighted by atomic mass is 127. The van der Waals surface area contributed by atoms with E-state index in [1.165, 1.54) is 25.9 Å². The van der Waals surface area contributed by atoms with Crippen LogP contribution in [0.3, 0.4) is 0 Å². The summed E-state index contributed by atoms with van der Waals surface area (Å²) in [5, 5.41) is 0. The second-order valence-electron chi connectivity index (χ2n) is 5.85. The third-order valence-corrected chi connectivity index (χ3v) is 4.15. The van der Waals surface area contributed by atoms with Crippen molar-refractivity contribution in [3.8, 4) is 0 Å². The van der Waals surface area contributed by atoms with Gasteiger partial charge in [0.2, 0.25) is 0 Å². The molecule has 1 atom stereocenters. The Kier molecular flexibility index (Phi) is 8.13. The molecule has 2 fully saturated rings. The van der Waals surface area contributed by atoms with E-state index in [1.54, 1.807) is 0 Å². The molecule has 1 unspecified atom stereocenters. The average molecular weight is 396 g/mol. The van der Waals surface area contributed by atoms with E-state index in [4.69, 9.17) is 10.5 Å². The maximum atomic E-state index is 6.10. The lowest BCUT2D eigenvalue weighted by atomic mass is 10.0. The van der Waals surface area contributed by atoms with Gasteiger partial charge in [0.25, 0.3) is 0 Å². The molecule has 0 aromatic carbocycles. The molecule has 2 aliphatic rings. The molecule has 118 valence electrons. The zero-order chi connectivity index (χ0) is 13.7. The Balaban J connectivity index is 0.00000200. The number of hydrogen-bond acceptors (Lipinski definition) is 3. The summed E-state index contributed by atoms with van der Waals surface area (Å²) in [6.45, 7) is 11.1. The molecule has 0 aromatic heterocycles. The van der Waals surface area contributed by atoms with Crippen LogP contribution in [-0.2, 0) is 4.74 Å². The summed E-state index contributed by atoms with van der Waals surface area (Å²) in [6, 6.07) is 0.530. The van der Waals surface area contributed by atoms with Crippen molar-refractivity contribution in [1.29, 1.82) is 0 Å². The SMILES string of the molecule is CC(C)C(CN=C(N)N1CCOCC1)N1CCCC1.I. The van der Waals surface area contributed by atoms with Crippen LogP contribution in [0.4, 0.5) is 0 Å².